The molecule has 0 aliphatic rings. The molecule has 0 heterocycles. The van der Waals surface area contributed by atoms with Crippen molar-refractivity contribution < 1.29 is 9.53 Å². The van der Waals surface area contributed by atoms with Crippen LogP contribution in [0.5, 0.6) is 5.75 Å². The summed E-state index contributed by atoms with van der Waals surface area (Å²) in [6.07, 6.45) is -0.752. The van der Waals surface area contributed by atoms with E-state index >= 15 is 0 Å². The lowest BCUT2D eigenvalue weighted by molar-refractivity contribution is -0.128. The van der Waals surface area contributed by atoms with E-state index in [2.05, 4.69) is 37.9 Å². The topological polar surface area (TPSA) is 41.6 Å². The molecule has 0 radical (unpaired) electrons. The normalized spacial score (nSPS) is 12.4. The highest BCUT2D eigenvalue weighted by Crippen LogP contribution is 2.24. The first-order valence-corrected chi connectivity index (χ1v) is 9.77. The van der Waals surface area contributed by atoms with E-state index in [1.807, 2.05) is 42.5 Å². The van der Waals surface area contributed by atoms with Crippen LogP contribution in [0.25, 0.3) is 0 Å². The molecule has 2 aromatic rings. The molecule has 27 heavy (non-hydrogen) atoms. The Balaban J connectivity index is 2.09. The molecule has 1 amide bonds. The third-order valence-electron chi connectivity index (χ3n) is 4.38. The van der Waals surface area contributed by atoms with Crippen LogP contribution in [0.3, 0.4) is 0 Å². The van der Waals surface area contributed by atoms with Crippen molar-refractivity contribution in [1.82, 2.24) is 10.2 Å². The maximum absolute atomic E-state index is 12.9. The molecule has 2 aromatic carbocycles. The standard InChI is InChI=1S/C22H29ClN2O2/c1-16(2)25(17(3)4)14-13-24-22(26)21(18-9-8-10-19(23)15-18)27-20-11-6-5-7-12-20/h5-12,15-17,21H,13-14H2,1-4H3,(H,24,26)/t21-/m1/s1. The number of nitrogens with zero attached hydrogens (tertiary/aromatic N) is 1. The molecule has 0 aliphatic heterocycles. The van der Waals surface area contributed by atoms with E-state index in [0.717, 1.165) is 12.1 Å². The van der Waals surface area contributed by atoms with E-state index in [-0.39, 0.29) is 5.91 Å². The minimum absolute atomic E-state index is 0.173. The van der Waals surface area contributed by atoms with Crippen molar-refractivity contribution in [3.63, 3.8) is 0 Å². The molecule has 5 heteroatoms. The molecule has 0 aliphatic carbocycles. The first-order valence-electron chi connectivity index (χ1n) is 9.39. The zero-order valence-electron chi connectivity index (χ0n) is 16.5. The number of carbonyl (C=O) groups excluding carboxylic acids is 1. The van der Waals surface area contributed by atoms with E-state index in [9.17, 15) is 4.79 Å². The molecule has 0 spiro atoms. The zero-order chi connectivity index (χ0) is 19.8. The van der Waals surface area contributed by atoms with E-state index in [0.29, 0.717) is 29.4 Å². The van der Waals surface area contributed by atoms with E-state index in [4.69, 9.17) is 16.3 Å². The van der Waals surface area contributed by atoms with Gasteiger partial charge in [-0.05, 0) is 52.0 Å². The van der Waals surface area contributed by atoms with Crippen molar-refractivity contribution in [2.75, 3.05) is 13.1 Å². The van der Waals surface area contributed by atoms with Crippen molar-refractivity contribution in [3.05, 3.63) is 65.2 Å². The molecule has 146 valence electrons. The Bertz CT molecular complexity index is 711. The van der Waals surface area contributed by atoms with Gasteiger partial charge in [0, 0.05) is 35.8 Å². The first kappa shape index (κ1) is 21.3. The summed E-state index contributed by atoms with van der Waals surface area (Å²) in [5.74, 6) is 0.470. The van der Waals surface area contributed by atoms with Crippen LogP contribution in [0.1, 0.15) is 39.4 Å². The van der Waals surface area contributed by atoms with Gasteiger partial charge < -0.3 is 10.1 Å². The van der Waals surface area contributed by atoms with Gasteiger partial charge in [0.15, 0.2) is 0 Å². The largest absolute Gasteiger partial charge is 0.476 e. The number of amides is 1. The molecule has 0 saturated carbocycles. The second-order valence-corrected chi connectivity index (χ2v) is 7.52. The van der Waals surface area contributed by atoms with Gasteiger partial charge in [-0.1, -0.05) is 41.9 Å². The maximum Gasteiger partial charge on any atom is 0.265 e. The Hall–Kier alpha value is -2.04. The van der Waals surface area contributed by atoms with Crippen molar-refractivity contribution in [2.24, 2.45) is 0 Å². The van der Waals surface area contributed by atoms with Crippen LogP contribution >= 0.6 is 11.6 Å². The molecule has 0 fully saturated rings. The fourth-order valence-corrected chi connectivity index (χ4v) is 3.29. The Kier molecular flexibility index (Phi) is 8.14. The molecule has 0 unspecified atom stereocenters. The molecule has 1 atom stereocenters. The molecule has 4 nitrogen and oxygen atoms in total. The minimum Gasteiger partial charge on any atom is -0.476 e. The van der Waals surface area contributed by atoms with E-state index < -0.39 is 6.10 Å². The SMILES string of the molecule is CC(C)N(CCNC(=O)[C@H](Oc1ccccc1)c1cccc(Cl)c1)C(C)C. The van der Waals surface area contributed by atoms with Gasteiger partial charge in [-0.3, -0.25) is 9.69 Å². The van der Waals surface area contributed by atoms with Gasteiger partial charge in [0.2, 0.25) is 6.10 Å². The van der Waals surface area contributed by atoms with Crippen molar-refractivity contribution in [3.8, 4) is 5.75 Å². The van der Waals surface area contributed by atoms with Crippen molar-refractivity contribution >= 4 is 17.5 Å². The van der Waals surface area contributed by atoms with Gasteiger partial charge in [0.25, 0.3) is 5.91 Å². The average Bonchev–Trinajstić information content (AvgIpc) is 2.63. The molecule has 0 saturated heterocycles. The van der Waals surface area contributed by atoms with Crippen LogP contribution in [0.2, 0.25) is 5.02 Å². The van der Waals surface area contributed by atoms with Crippen molar-refractivity contribution in [2.45, 2.75) is 45.9 Å². The number of carbonyl (C=O) groups is 1. The highest BCUT2D eigenvalue weighted by molar-refractivity contribution is 6.30. The molecule has 2 rings (SSSR count). The number of rotatable bonds is 9. The second kappa shape index (κ2) is 10.3. The number of halogens is 1. The lowest BCUT2D eigenvalue weighted by Crippen LogP contribution is -2.43. The molecule has 1 N–H and O–H groups in total. The Morgan fingerprint density at radius 2 is 1.70 bits per heavy atom. The fourth-order valence-electron chi connectivity index (χ4n) is 3.09. The molecular weight excluding hydrogens is 360 g/mol. The number of ether oxygens (including phenoxy) is 1. The summed E-state index contributed by atoms with van der Waals surface area (Å²) < 4.78 is 5.99. The third-order valence-corrected chi connectivity index (χ3v) is 4.62. The number of hydrogen-bond donors (Lipinski definition) is 1. The molecule has 0 bridgehead atoms. The Morgan fingerprint density at radius 1 is 1.04 bits per heavy atom. The summed E-state index contributed by atoms with van der Waals surface area (Å²) in [6.45, 7) is 9.99. The highest BCUT2D eigenvalue weighted by Gasteiger charge is 2.23. The third kappa shape index (κ3) is 6.56. The summed E-state index contributed by atoms with van der Waals surface area (Å²) in [5.41, 5.74) is 0.730. The lowest BCUT2D eigenvalue weighted by Gasteiger charge is -2.30. The molecule has 0 aromatic heterocycles. The van der Waals surface area contributed by atoms with Crippen LogP contribution in [-0.2, 0) is 4.79 Å². The summed E-state index contributed by atoms with van der Waals surface area (Å²) >= 11 is 6.12. The Labute approximate surface area is 167 Å². The van der Waals surface area contributed by atoms with Gasteiger partial charge >= 0.3 is 0 Å². The van der Waals surface area contributed by atoms with Gasteiger partial charge in [-0.15, -0.1) is 0 Å². The number of nitrogens with one attached hydrogen (secondary N) is 1. The monoisotopic (exact) mass is 388 g/mol. The average molecular weight is 389 g/mol. The summed E-state index contributed by atoms with van der Waals surface area (Å²) in [7, 11) is 0. The van der Waals surface area contributed by atoms with Gasteiger partial charge in [-0.25, -0.2) is 0 Å². The van der Waals surface area contributed by atoms with Crippen LogP contribution in [0.15, 0.2) is 54.6 Å². The highest BCUT2D eigenvalue weighted by atomic mass is 35.5. The first-order chi connectivity index (χ1) is 12.9. The fraction of sp³-hybridized carbons (Fsp3) is 0.409. The summed E-state index contributed by atoms with van der Waals surface area (Å²) in [6, 6.07) is 17.4. The lowest BCUT2D eigenvalue weighted by atomic mass is 10.1. The van der Waals surface area contributed by atoms with E-state index in [1.54, 1.807) is 12.1 Å². The van der Waals surface area contributed by atoms with Crippen LogP contribution in [0.4, 0.5) is 0 Å². The van der Waals surface area contributed by atoms with Crippen LogP contribution < -0.4 is 10.1 Å². The summed E-state index contributed by atoms with van der Waals surface area (Å²) in [4.78, 5) is 15.2. The number of para-hydroxylation sites is 1. The maximum atomic E-state index is 12.9. The predicted molar refractivity (Wildman–Crippen MR) is 111 cm³/mol. The van der Waals surface area contributed by atoms with Crippen molar-refractivity contribution in [1.29, 1.82) is 0 Å². The molecular formula is C22H29ClN2O2. The van der Waals surface area contributed by atoms with Gasteiger partial charge in [0.1, 0.15) is 5.75 Å². The van der Waals surface area contributed by atoms with E-state index in [1.165, 1.54) is 0 Å². The zero-order valence-corrected chi connectivity index (χ0v) is 17.2. The van der Waals surface area contributed by atoms with Gasteiger partial charge in [-0.2, -0.15) is 0 Å². The Morgan fingerprint density at radius 3 is 2.30 bits per heavy atom. The van der Waals surface area contributed by atoms with Crippen LogP contribution in [-0.4, -0.2) is 36.0 Å². The quantitative estimate of drug-likeness (QED) is 0.677. The number of benzene rings is 2. The number of hydrogen-bond acceptors (Lipinski definition) is 3. The summed E-state index contributed by atoms with van der Waals surface area (Å²) in [5, 5.41) is 3.59. The van der Waals surface area contributed by atoms with Crippen LogP contribution in [0, 0.1) is 0 Å². The second-order valence-electron chi connectivity index (χ2n) is 7.08. The predicted octanol–water partition coefficient (Wildman–Crippen LogP) is 4.70. The smallest absolute Gasteiger partial charge is 0.265 e. The van der Waals surface area contributed by atoms with Gasteiger partial charge in [0.05, 0.1) is 0 Å². The minimum atomic E-state index is -0.752.